The van der Waals surface area contributed by atoms with Crippen LogP contribution in [0.5, 0.6) is 5.75 Å². The molecule has 0 unspecified atom stereocenters. The quantitative estimate of drug-likeness (QED) is 0.273. The van der Waals surface area contributed by atoms with Crippen LogP contribution in [0.2, 0.25) is 0 Å². The van der Waals surface area contributed by atoms with E-state index in [-0.39, 0.29) is 18.5 Å². The molecular formula is C26H33N5O5S. The van der Waals surface area contributed by atoms with Crippen LogP contribution in [0.15, 0.2) is 54.1 Å². The Morgan fingerprint density at radius 1 is 1.16 bits per heavy atom. The van der Waals surface area contributed by atoms with E-state index in [1.165, 1.54) is 0 Å². The minimum atomic E-state index is -4.17. The Labute approximate surface area is 217 Å². The van der Waals surface area contributed by atoms with Crippen molar-refractivity contribution in [2.45, 2.75) is 32.8 Å². The number of ether oxygens (including phenoxy) is 1. The highest BCUT2D eigenvalue weighted by atomic mass is 32.2. The fourth-order valence-electron chi connectivity index (χ4n) is 4.13. The van der Waals surface area contributed by atoms with Gasteiger partial charge in [0, 0.05) is 31.5 Å². The van der Waals surface area contributed by atoms with Crippen molar-refractivity contribution in [3.8, 4) is 5.75 Å². The summed E-state index contributed by atoms with van der Waals surface area (Å²) < 4.78 is 33.1. The first-order chi connectivity index (χ1) is 17.4. The van der Waals surface area contributed by atoms with Gasteiger partial charge in [0.1, 0.15) is 17.7 Å². The first-order valence-electron chi connectivity index (χ1n) is 11.9. The van der Waals surface area contributed by atoms with E-state index in [2.05, 4.69) is 0 Å². The number of carbonyl (C=O) groups is 1. The number of sulfonamides is 1. The monoisotopic (exact) mass is 527 g/mol. The number of carboxylic acid groups (broad SMARTS) is 1. The van der Waals surface area contributed by atoms with Crippen LogP contribution in [0, 0.1) is 10.8 Å². The molecule has 1 saturated heterocycles. The van der Waals surface area contributed by atoms with Crippen molar-refractivity contribution in [3.05, 3.63) is 65.2 Å². The molecule has 0 aromatic heterocycles. The lowest BCUT2D eigenvalue weighted by Gasteiger charge is -2.33. The van der Waals surface area contributed by atoms with Gasteiger partial charge in [-0.1, -0.05) is 29.8 Å². The molecule has 1 heterocycles. The van der Waals surface area contributed by atoms with Gasteiger partial charge in [0.2, 0.25) is 10.0 Å². The van der Waals surface area contributed by atoms with Crippen LogP contribution in [-0.4, -0.2) is 67.6 Å². The van der Waals surface area contributed by atoms with E-state index in [0.29, 0.717) is 28.4 Å². The molecule has 0 aliphatic carbocycles. The van der Waals surface area contributed by atoms with Gasteiger partial charge in [0.15, 0.2) is 5.75 Å². The summed E-state index contributed by atoms with van der Waals surface area (Å²) in [5.74, 6) is -1.41. The Bertz CT molecular complexity index is 1280. The number of benzene rings is 2. The zero-order chi connectivity index (χ0) is 27.2. The van der Waals surface area contributed by atoms with Gasteiger partial charge in [-0.15, -0.1) is 0 Å². The maximum Gasteiger partial charge on any atom is 0.320 e. The summed E-state index contributed by atoms with van der Waals surface area (Å²) in [5.41, 5.74) is 7.85. The molecule has 5 N–H and O–H groups in total. The van der Waals surface area contributed by atoms with Crippen molar-refractivity contribution in [1.82, 2.24) is 4.90 Å². The van der Waals surface area contributed by atoms with Crippen LogP contribution in [0.4, 0.5) is 5.69 Å². The van der Waals surface area contributed by atoms with Gasteiger partial charge in [-0.25, -0.2) is 8.42 Å². The Kier molecular flexibility index (Phi) is 8.93. The van der Waals surface area contributed by atoms with Crippen LogP contribution < -0.4 is 14.8 Å². The van der Waals surface area contributed by atoms with E-state index < -0.39 is 21.7 Å². The van der Waals surface area contributed by atoms with Crippen molar-refractivity contribution in [3.63, 3.8) is 0 Å². The van der Waals surface area contributed by atoms with E-state index in [9.17, 15) is 18.3 Å². The van der Waals surface area contributed by atoms with E-state index in [0.717, 1.165) is 35.8 Å². The van der Waals surface area contributed by atoms with Crippen molar-refractivity contribution in [2.75, 3.05) is 29.7 Å². The smallest absolute Gasteiger partial charge is 0.320 e. The van der Waals surface area contributed by atoms with E-state index >= 15 is 0 Å². The highest BCUT2D eigenvalue weighted by molar-refractivity contribution is 7.93. The number of hydrogen-bond donors (Lipinski definition) is 4. The molecule has 0 bridgehead atoms. The van der Waals surface area contributed by atoms with Crippen LogP contribution in [-0.2, 0) is 14.8 Å². The summed E-state index contributed by atoms with van der Waals surface area (Å²) in [6.45, 7) is 4.97. The number of piperidine rings is 1. The van der Waals surface area contributed by atoms with Gasteiger partial charge >= 0.3 is 5.97 Å². The molecule has 37 heavy (non-hydrogen) atoms. The number of hydrogen-bond acceptors (Lipinski definition) is 6. The molecule has 2 aromatic rings. The number of amidine groups is 2. The number of likely N-dealkylation sites (tertiary alicyclic amines) is 1. The van der Waals surface area contributed by atoms with Crippen molar-refractivity contribution in [1.29, 1.82) is 10.8 Å². The third kappa shape index (κ3) is 7.81. The van der Waals surface area contributed by atoms with Gasteiger partial charge < -0.3 is 20.5 Å². The van der Waals surface area contributed by atoms with Crippen molar-refractivity contribution >= 4 is 39.4 Å². The molecule has 0 spiro atoms. The summed E-state index contributed by atoms with van der Waals surface area (Å²) >= 11 is 0. The average molecular weight is 528 g/mol. The number of nitrogen functional groups attached to an aromatic ring is 1. The molecule has 0 amide bonds. The molecule has 1 aliphatic rings. The van der Waals surface area contributed by atoms with Crippen molar-refractivity contribution < 1.29 is 23.1 Å². The summed E-state index contributed by atoms with van der Waals surface area (Å²) in [5, 5.41) is 24.5. The largest absolute Gasteiger partial charge is 0.490 e. The number of aliphatic carboxylic acids is 1. The lowest BCUT2D eigenvalue weighted by molar-refractivity contribution is -0.134. The predicted octanol–water partition coefficient (Wildman–Crippen LogP) is 3.14. The number of rotatable bonds is 10. The lowest BCUT2D eigenvalue weighted by atomic mass is 10.1. The fourth-order valence-corrected chi connectivity index (χ4v) is 5.44. The highest BCUT2D eigenvalue weighted by Crippen LogP contribution is 2.26. The third-order valence-electron chi connectivity index (χ3n) is 5.99. The lowest BCUT2D eigenvalue weighted by Crippen LogP contribution is -2.40. The number of anilines is 1. The molecule has 10 nitrogen and oxygen atoms in total. The standard InChI is InChI=1S/C26H33N5O5S/c1-18(14-20-4-3-5-21(15-20)26(28)29)16-31(37(34,35)17-25(32)33)22-6-8-23(9-7-22)36-24-10-12-30(13-11-24)19(2)27/h3-9,14-15,24,27H,10-13,16-17H2,1-2H3,(H3,28,29)(H,32,33)/b18-14+,27-19?. The third-order valence-corrected chi connectivity index (χ3v) is 7.61. The summed E-state index contributed by atoms with van der Waals surface area (Å²) in [6, 6.07) is 13.6. The molecule has 1 fully saturated rings. The Morgan fingerprint density at radius 2 is 1.81 bits per heavy atom. The number of nitrogens with zero attached hydrogens (tertiary/aromatic N) is 2. The molecule has 2 aromatic carbocycles. The van der Waals surface area contributed by atoms with Gasteiger partial charge in [0.25, 0.3) is 0 Å². The van der Waals surface area contributed by atoms with Gasteiger partial charge in [0.05, 0.1) is 18.1 Å². The van der Waals surface area contributed by atoms with Gasteiger partial charge in [-0.2, -0.15) is 0 Å². The second kappa shape index (κ2) is 11.9. The Morgan fingerprint density at radius 3 is 2.38 bits per heavy atom. The first kappa shape index (κ1) is 27.7. The zero-order valence-corrected chi connectivity index (χ0v) is 21.8. The topological polar surface area (TPSA) is 161 Å². The highest BCUT2D eigenvalue weighted by Gasteiger charge is 2.26. The molecular weight excluding hydrogens is 494 g/mol. The van der Waals surface area contributed by atoms with E-state index in [1.54, 1.807) is 62.4 Å². The van der Waals surface area contributed by atoms with E-state index in [1.807, 2.05) is 11.0 Å². The Balaban J connectivity index is 1.79. The molecule has 198 valence electrons. The second-order valence-corrected chi connectivity index (χ2v) is 11.0. The molecule has 0 atom stereocenters. The van der Waals surface area contributed by atoms with Crippen LogP contribution >= 0.6 is 0 Å². The molecule has 0 saturated carbocycles. The van der Waals surface area contributed by atoms with Gasteiger partial charge in [-0.3, -0.25) is 19.9 Å². The average Bonchev–Trinajstić information content (AvgIpc) is 2.83. The minimum absolute atomic E-state index is 0.00393. The summed E-state index contributed by atoms with van der Waals surface area (Å²) in [4.78, 5) is 13.3. The normalized spacial score (nSPS) is 14.8. The minimum Gasteiger partial charge on any atom is -0.490 e. The first-order valence-corrected chi connectivity index (χ1v) is 13.5. The molecule has 3 rings (SSSR count). The van der Waals surface area contributed by atoms with E-state index in [4.69, 9.17) is 21.3 Å². The van der Waals surface area contributed by atoms with Crippen molar-refractivity contribution in [2.24, 2.45) is 5.73 Å². The fraction of sp³-hybridized carbons (Fsp3) is 0.346. The van der Waals surface area contributed by atoms with Crippen LogP contribution in [0.25, 0.3) is 6.08 Å². The molecule has 1 aliphatic heterocycles. The SMILES string of the molecule is CC(=N)N1CCC(Oc2ccc(N(C/C(C)=C/c3cccc(C(=N)N)c3)S(=O)(=O)CC(=O)O)cc2)CC1. The maximum atomic E-state index is 13.0. The summed E-state index contributed by atoms with van der Waals surface area (Å²) in [7, 11) is -4.17. The Hall–Kier alpha value is -3.86. The maximum absolute atomic E-state index is 13.0. The number of nitrogens with two attached hydrogens (primary N) is 1. The molecule has 0 radical (unpaired) electrons. The van der Waals surface area contributed by atoms with Crippen LogP contribution in [0.1, 0.15) is 37.8 Å². The van der Waals surface area contributed by atoms with Gasteiger partial charge in [-0.05, 0) is 49.7 Å². The molecule has 11 heteroatoms. The van der Waals surface area contributed by atoms with Crippen LogP contribution in [0.3, 0.4) is 0 Å². The number of carboxylic acids is 1. The number of nitrogens with one attached hydrogen (secondary N) is 2. The second-order valence-electron chi connectivity index (χ2n) is 9.07. The predicted molar refractivity (Wildman–Crippen MR) is 145 cm³/mol. The zero-order valence-electron chi connectivity index (χ0n) is 21.0. The summed E-state index contributed by atoms with van der Waals surface area (Å²) in [6.07, 6.45) is 3.34.